The smallest absolute Gasteiger partial charge is 0.256 e. The molecule has 3 atom stereocenters. The highest BCUT2D eigenvalue weighted by atomic mass is 16.5. The average molecular weight is 360 g/mol. The van der Waals surface area contributed by atoms with Gasteiger partial charge in [-0.2, -0.15) is 0 Å². The molecule has 1 heterocycles. The molecular weight excluding hydrogens is 322 g/mol. The first-order valence-electron chi connectivity index (χ1n) is 10.6. The fourth-order valence-electron chi connectivity index (χ4n) is 4.66. The van der Waals surface area contributed by atoms with Crippen molar-refractivity contribution >= 4 is 5.91 Å². The zero-order valence-corrected chi connectivity index (χ0v) is 17.3. The van der Waals surface area contributed by atoms with Crippen LogP contribution in [0.2, 0.25) is 0 Å². The van der Waals surface area contributed by atoms with Crippen LogP contribution in [0.1, 0.15) is 89.9 Å². The summed E-state index contributed by atoms with van der Waals surface area (Å²) < 4.78 is 6.77. The van der Waals surface area contributed by atoms with Gasteiger partial charge in [0.15, 0.2) is 0 Å². The van der Waals surface area contributed by atoms with Gasteiger partial charge >= 0.3 is 0 Å². The highest BCUT2D eigenvalue weighted by molar-refractivity contribution is 5.94. The van der Waals surface area contributed by atoms with Gasteiger partial charge in [0.1, 0.15) is 6.23 Å². The van der Waals surface area contributed by atoms with Gasteiger partial charge in [0.2, 0.25) is 0 Å². The molecule has 0 aromatic heterocycles. The van der Waals surface area contributed by atoms with Crippen molar-refractivity contribution in [3.05, 3.63) is 35.9 Å². The van der Waals surface area contributed by atoms with Crippen LogP contribution in [0.25, 0.3) is 0 Å². The van der Waals surface area contributed by atoms with Crippen LogP contribution in [-0.4, -0.2) is 28.7 Å². The van der Waals surface area contributed by atoms with Crippen LogP contribution >= 0.6 is 0 Å². The summed E-state index contributed by atoms with van der Waals surface area (Å²) in [5.74, 6) is 0.547. The van der Waals surface area contributed by atoms with Gasteiger partial charge in [0.05, 0.1) is 11.6 Å². The van der Waals surface area contributed by atoms with Crippen molar-refractivity contribution in [3.63, 3.8) is 0 Å². The molecule has 146 valence electrons. The van der Waals surface area contributed by atoms with E-state index in [1.807, 2.05) is 30.3 Å². The zero-order chi connectivity index (χ0) is 19.2. The lowest BCUT2D eigenvalue weighted by Gasteiger charge is -2.39. The number of carbonyl (C=O) groups excluding carboxylic acids is 1. The lowest BCUT2D eigenvalue weighted by Crippen LogP contribution is -2.51. The summed E-state index contributed by atoms with van der Waals surface area (Å²) in [5, 5.41) is 0. The Morgan fingerprint density at radius 3 is 2.19 bits per heavy atom. The van der Waals surface area contributed by atoms with Crippen molar-refractivity contribution in [3.8, 4) is 0 Å². The predicted molar refractivity (Wildman–Crippen MR) is 108 cm³/mol. The van der Waals surface area contributed by atoms with E-state index < -0.39 is 0 Å². The Bertz CT molecular complexity index is 551. The molecule has 26 heavy (non-hydrogen) atoms. The minimum atomic E-state index is -0.205. The topological polar surface area (TPSA) is 29.5 Å². The Hall–Kier alpha value is -1.35. The Labute approximate surface area is 160 Å². The van der Waals surface area contributed by atoms with Gasteiger partial charge in [-0.3, -0.25) is 4.79 Å². The quantitative estimate of drug-likeness (QED) is 0.538. The summed E-state index contributed by atoms with van der Waals surface area (Å²) in [6, 6.07) is 9.87. The monoisotopic (exact) mass is 359 g/mol. The molecule has 0 aliphatic carbocycles. The van der Waals surface area contributed by atoms with Gasteiger partial charge in [-0.05, 0) is 37.3 Å². The molecule has 1 unspecified atom stereocenters. The molecule has 1 aliphatic heterocycles. The van der Waals surface area contributed by atoms with E-state index in [4.69, 9.17) is 4.74 Å². The van der Waals surface area contributed by atoms with Crippen LogP contribution in [-0.2, 0) is 4.74 Å². The molecule has 0 bridgehead atoms. The SMILES string of the molecule is CCC[C@@H]1OC(CCC)(CCC)[C@H](C(C)CC)N1C(=O)c1ccccc1. The van der Waals surface area contributed by atoms with E-state index in [-0.39, 0.29) is 23.8 Å². The minimum Gasteiger partial charge on any atom is -0.350 e. The summed E-state index contributed by atoms with van der Waals surface area (Å²) in [6.07, 6.45) is 7.08. The van der Waals surface area contributed by atoms with Crippen LogP contribution in [0.5, 0.6) is 0 Å². The van der Waals surface area contributed by atoms with Gasteiger partial charge in [0, 0.05) is 5.56 Å². The summed E-state index contributed by atoms with van der Waals surface area (Å²) in [7, 11) is 0. The van der Waals surface area contributed by atoms with E-state index >= 15 is 0 Å². The second-order valence-electron chi connectivity index (χ2n) is 7.83. The van der Waals surface area contributed by atoms with Crippen LogP contribution in [0.15, 0.2) is 30.3 Å². The highest BCUT2D eigenvalue weighted by Gasteiger charge is 2.55. The van der Waals surface area contributed by atoms with Gasteiger partial charge in [-0.1, -0.05) is 78.5 Å². The summed E-state index contributed by atoms with van der Waals surface area (Å²) >= 11 is 0. The van der Waals surface area contributed by atoms with E-state index in [0.29, 0.717) is 5.92 Å². The Balaban J connectivity index is 2.49. The van der Waals surface area contributed by atoms with E-state index in [1.54, 1.807) is 0 Å². The molecule has 2 rings (SSSR count). The number of carbonyl (C=O) groups is 1. The fourth-order valence-corrected chi connectivity index (χ4v) is 4.66. The second kappa shape index (κ2) is 9.55. The van der Waals surface area contributed by atoms with Crippen LogP contribution in [0.3, 0.4) is 0 Å². The molecule has 3 nitrogen and oxygen atoms in total. The molecule has 1 amide bonds. The first-order chi connectivity index (χ1) is 12.5. The standard InChI is InChI=1S/C23H37NO2/c1-6-13-20-24(22(25)19-14-11-10-12-15-19)21(18(5)9-4)23(26-20,16-7-2)17-8-3/h10-12,14-15,18,20-21H,6-9,13,16-17H2,1-5H3/t18?,20-,21-/m0/s1. The third-order valence-corrected chi connectivity index (χ3v) is 5.84. The molecule has 1 aliphatic rings. The number of nitrogens with zero attached hydrogens (tertiary/aromatic N) is 1. The molecule has 1 aromatic rings. The molecule has 1 fully saturated rings. The number of hydrogen-bond donors (Lipinski definition) is 0. The largest absolute Gasteiger partial charge is 0.350 e. The molecule has 0 radical (unpaired) electrons. The maximum absolute atomic E-state index is 13.5. The molecule has 0 saturated carbocycles. The average Bonchev–Trinajstić information content (AvgIpc) is 2.95. The molecule has 1 saturated heterocycles. The minimum absolute atomic E-state index is 0.107. The first-order valence-corrected chi connectivity index (χ1v) is 10.6. The van der Waals surface area contributed by atoms with Crippen molar-refractivity contribution < 1.29 is 9.53 Å². The number of ether oxygens (including phenoxy) is 1. The normalized spacial score (nSPS) is 23.2. The van der Waals surface area contributed by atoms with Gasteiger partial charge in [-0.15, -0.1) is 0 Å². The fraction of sp³-hybridized carbons (Fsp3) is 0.696. The molecular formula is C23H37NO2. The lowest BCUT2D eigenvalue weighted by molar-refractivity contribution is -0.0727. The van der Waals surface area contributed by atoms with Crippen LogP contribution < -0.4 is 0 Å². The maximum Gasteiger partial charge on any atom is 0.256 e. The molecule has 1 aromatic carbocycles. The Morgan fingerprint density at radius 1 is 1.08 bits per heavy atom. The molecule has 0 N–H and O–H groups in total. The van der Waals surface area contributed by atoms with Crippen LogP contribution in [0.4, 0.5) is 0 Å². The van der Waals surface area contributed by atoms with E-state index in [2.05, 4.69) is 39.5 Å². The van der Waals surface area contributed by atoms with Crippen molar-refractivity contribution in [2.45, 2.75) is 97.4 Å². The van der Waals surface area contributed by atoms with E-state index in [9.17, 15) is 4.79 Å². The molecule has 3 heteroatoms. The first kappa shape index (κ1) is 21.0. The number of hydrogen-bond acceptors (Lipinski definition) is 2. The summed E-state index contributed by atoms with van der Waals surface area (Å²) in [5.41, 5.74) is 0.567. The number of amides is 1. The Kier molecular flexibility index (Phi) is 7.69. The second-order valence-corrected chi connectivity index (χ2v) is 7.83. The highest BCUT2D eigenvalue weighted by Crippen LogP contribution is 2.45. The van der Waals surface area contributed by atoms with Gasteiger partial charge in [-0.25, -0.2) is 0 Å². The third kappa shape index (κ3) is 4.14. The van der Waals surface area contributed by atoms with Crippen molar-refractivity contribution in [1.29, 1.82) is 0 Å². The van der Waals surface area contributed by atoms with Gasteiger partial charge < -0.3 is 9.64 Å². The molecule has 0 spiro atoms. The van der Waals surface area contributed by atoms with Crippen molar-refractivity contribution in [2.75, 3.05) is 0 Å². The van der Waals surface area contributed by atoms with Crippen molar-refractivity contribution in [2.24, 2.45) is 5.92 Å². The van der Waals surface area contributed by atoms with Crippen LogP contribution in [0, 0.1) is 5.92 Å². The summed E-state index contributed by atoms with van der Waals surface area (Å²) in [4.78, 5) is 15.6. The lowest BCUT2D eigenvalue weighted by atomic mass is 9.78. The maximum atomic E-state index is 13.5. The Morgan fingerprint density at radius 2 is 1.69 bits per heavy atom. The summed E-state index contributed by atoms with van der Waals surface area (Å²) in [6.45, 7) is 11.1. The third-order valence-electron chi connectivity index (χ3n) is 5.84. The number of benzene rings is 1. The zero-order valence-electron chi connectivity index (χ0n) is 17.3. The number of rotatable bonds is 9. The van der Waals surface area contributed by atoms with Gasteiger partial charge in [0.25, 0.3) is 5.91 Å². The van der Waals surface area contributed by atoms with Crippen molar-refractivity contribution in [1.82, 2.24) is 4.90 Å². The predicted octanol–water partition coefficient (Wildman–Crippen LogP) is 6.04. The van der Waals surface area contributed by atoms with E-state index in [0.717, 1.165) is 50.5 Å². The van der Waals surface area contributed by atoms with E-state index in [1.165, 1.54) is 0 Å².